The van der Waals surface area contributed by atoms with E-state index in [1.165, 1.54) is 77.9 Å². The highest BCUT2D eigenvalue weighted by molar-refractivity contribution is 4.70. The molecule has 0 saturated carbocycles. The van der Waals surface area contributed by atoms with E-state index in [9.17, 15) is 0 Å². The number of nitrogens with one attached hydrogen (secondary N) is 1. The molecule has 2 fully saturated rings. The molecule has 100 valence electrons. The SMILES string of the molecule is CN(CCC1CCNCC1)CN1CCCCC1. The van der Waals surface area contributed by atoms with Crippen LogP contribution in [0.2, 0.25) is 0 Å². The Morgan fingerprint density at radius 1 is 1.12 bits per heavy atom. The minimum Gasteiger partial charge on any atom is -0.317 e. The van der Waals surface area contributed by atoms with Crippen LogP contribution in [0, 0.1) is 5.92 Å². The Morgan fingerprint density at radius 2 is 1.82 bits per heavy atom. The number of hydrogen-bond donors (Lipinski definition) is 1. The molecular formula is C14H29N3. The fourth-order valence-electron chi connectivity index (χ4n) is 3.09. The zero-order valence-electron chi connectivity index (χ0n) is 11.5. The lowest BCUT2D eigenvalue weighted by Gasteiger charge is -2.32. The van der Waals surface area contributed by atoms with Crippen molar-refractivity contribution in [1.82, 2.24) is 15.1 Å². The third-order valence-corrected chi connectivity index (χ3v) is 4.27. The summed E-state index contributed by atoms with van der Waals surface area (Å²) in [7, 11) is 2.29. The van der Waals surface area contributed by atoms with Crippen LogP contribution in [-0.4, -0.2) is 56.2 Å². The number of likely N-dealkylation sites (tertiary alicyclic amines) is 1. The molecule has 0 bridgehead atoms. The largest absolute Gasteiger partial charge is 0.317 e. The normalized spacial score (nSPS) is 24.4. The molecule has 0 aromatic carbocycles. The van der Waals surface area contributed by atoms with E-state index in [2.05, 4.69) is 22.2 Å². The summed E-state index contributed by atoms with van der Waals surface area (Å²) in [5.74, 6) is 0.972. The van der Waals surface area contributed by atoms with Crippen molar-refractivity contribution < 1.29 is 0 Å². The summed E-state index contributed by atoms with van der Waals surface area (Å²) < 4.78 is 0. The predicted octanol–water partition coefficient (Wildman–Crippen LogP) is 1.75. The second kappa shape index (κ2) is 7.34. The molecule has 0 aromatic rings. The Hall–Kier alpha value is -0.120. The molecule has 2 aliphatic heterocycles. The van der Waals surface area contributed by atoms with Crippen LogP contribution < -0.4 is 5.32 Å². The molecule has 0 unspecified atom stereocenters. The van der Waals surface area contributed by atoms with Crippen molar-refractivity contribution in [2.45, 2.75) is 38.5 Å². The summed E-state index contributed by atoms with van der Waals surface area (Å²) >= 11 is 0. The molecule has 0 aromatic heterocycles. The average molecular weight is 239 g/mol. The Balaban J connectivity index is 1.57. The number of hydrogen-bond acceptors (Lipinski definition) is 3. The maximum atomic E-state index is 3.45. The van der Waals surface area contributed by atoms with Gasteiger partial charge in [-0.3, -0.25) is 9.80 Å². The zero-order valence-corrected chi connectivity index (χ0v) is 11.5. The van der Waals surface area contributed by atoms with Gasteiger partial charge in [-0.25, -0.2) is 0 Å². The van der Waals surface area contributed by atoms with Gasteiger partial charge in [-0.05, 0) is 77.8 Å². The average Bonchev–Trinajstić information content (AvgIpc) is 2.39. The summed E-state index contributed by atoms with van der Waals surface area (Å²) in [6.07, 6.45) is 8.42. The fourth-order valence-corrected chi connectivity index (χ4v) is 3.09. The van der Waals surface area contributed by atoms with E-state index in [1.807, 2.05) is 0 Å². The lowest BCUT2D eigenvalue weighted by Crippen LogP contribution is -2.40. The van der Waals surface area contributed by atoms with Crippen molar-refractivity contribution in [3.63, 3.8) is 0 Å². The number of nitrogens with zero attached hydrogens (tertiary/aromatic N) is 2. The van der Waals surface area contributed by atoms with Crippen LogP contribution in [0.15, 0.2) is 0 Å². The van der Waals surface area contributed by atoms with Crippen molar-refractivity contribution in [2.75, 3.05) is 46.4 Å². The Labute approximate surface area is 107 Å². The maximum absolute atomic E-state index is 3.45. The van der Waals surface area contributed by atoms with Gasteiger partial charge in [-0.2, -0.15) is 0 Å². The molecule has 0 amide bonds. The highest BCUT2D eigenvalue weighted by Gasteiger charge is 2.15. The Kier molecular flexibility index (Phi) is 5.75. The smallest absolute Gasteiger partial charge is 0.0503 e. The quantitative estimate of drug-likeness (QED) is 0.788. The van der Waals surface area contributed by atoms with Crippen LogP contribution in [0.1, 0.15) is 38.5 Å². The van der Waals surface area contributed by atoms with Crippen LogP contribution in [0.25, 0.3) is 0 Å². The van der Waals surface area contributed by atoms with Gasteiger partial charge in [0.05, 0.1) is 6.67 Å². The van der Waals surface area contributed by atoms with Crippen LogP contribution in [-0.2, 0) is 0 Å². The van der Waals surface area contributed by atoms with Crippen LogP contribution in [0.4, 0.5) is 0 Å². The van der Waals surface area contributed by atoms with E-state index >= 15 is 0 Å². The Bertz CT molecular complexity index is 196. The summed E-state index contributed by atoms with van der Waals surface area (Å²) in [5, 5.41) is 3.45. The molecule has 1 N–H and O–H groups in total. The third kappa shape index (κ3) is 4.94. The summed E-state index contributed by atoms with van der Waals surface area (Å²) in [6, 6.07) is 0. The second-order valence-corrected chi connectivity index (χ2v) is 5.88. The lowest BCUT2D eigenvalue weighted by atomic mass is 9.94. The van der Waals surface area contributed by atoms with Gasteiger partial charge in [-0.15, -0.1) is 0 Å². The van der Waals surface area contributed by atoms with Gasteiger partial charge < -0.3 is 5.32 Å². The van der Waals surface area contributed by atoms with Gasteiger partial charge in [0, 0.05) is 0 Å². The number of piperidine rings is 2. The van der Waals surface area contributed by atoms with E-state index in [0.717, 1.165) is 5.92 Å². The first-order chi connectivity index (χ1) is 8.34. The van der Waals surface area contributed by atoms with E-state index in [4.69, 9.17) is 0 Å². The molecule has 17 heavy (non-hydrogen) atoms. The summed E-state index contributed by atoms with van der Waals surface area (Å²) in [5.41, 5.74) is 0. The molecule has 0 spiro atoms. The molecule has 2 heterocycles. The van der Waals surface area contributed by atoms with Gasteiger partial charge >= 0.3 is 0 Å². The zero-order chi connectivity index (χ0) is 11.9. The first-order valence-electron chi connectivity index (χ1n) is 7.46. The highest BCUT2D eigenvalue weighted by Crippen LogP contribution is 2.16. The monoisotopic (exact) mass is 239 g/mol. The molecule has 2 rings (SSSR count). The van der Waals surface area contributed by atoms with E-state index < -0.39 is 0 Å². The molecular weight excluding hydrogens is 210 g/mol. The second-order valence-electron chi connectivity index (χ2n) is 5.88. The van der Waals surface area contributed by atoms with Crippen molar-refractivity contribution in [3.8, 4) is 0 Å². The molecule has 3 nitrogen and oxygen atoms in total. The van der Waals surface area contributed by atoms with Crippen molar-refractivity contribution in [3.05, 3.63) is 0 Å². The fraction of sp³-hybridized carbons (Fsp3) is 1.00. The van der Waals surface area contributed by atoms with Crippen LogP contribution in [0.5, 0.6) is 0 Å². The first-order valence-corrected chi connectivity index (χ1v) is 7.46. The van der Waals surface area contributed by atoms with E-state index in [-0.39, 0.29) is 0 Å². The van der Waals surface area contributed by atoms with Crippen LogP contribution >= 0.6 is 0 Å². The molecule has 0 aliphatic carbocycles. The molecule has 0 radical (unpaired) electrons. The van der Waals surface area contributed by atoms with E-state index in [1.54, 1.807) is 0 Å². The van der Waals surface area contributed by atoms with Gasteiger partial charge in [0.15, 0.2) is 0 Å². The maximum Gasteiger partial charge on any atom is 0.0503 e. The lowest BCUT2D eigenvalue weighted by molar-refractivity contribution is 0.126. The molecule has 0 atom stereocenters. The highest BCUT2D eigenvalue weighted by atomic mass is 15.3. The minimum atomic E-state index is 0.972. The van der Waals surface area contributed by atoms with Crippen molar-refractivity contribution >= 4 is 0 Å². The third-order valence-electron chi connectivity index (χ3n) is 4.27. The summed E-state index contributed by atoms with van der Waals surface area (Å²) in [6.45, 7) is 7.57. The molecule has 2 aliphatic rings. The predicted molar refractivity (Wildman–Crippen MR) is 73.1 cm³/mol. The molecule has 3 heteroatoms. The van der Waals surface area contributed by atoms with Gasteiger partial charge in [-0.1, -0.05) is 6.42 Å². The van der Waals surface area contributed by atoms with E-state index in [0.29, 0.717) is 0 Å². The van der Waals surface area contributed by atoms with Gasteiger partial charge in [0.1, 0.15) is 0 Å². The van der Waals surface area contributed by atoms with Crippen molar-refractivity contribution in [2.24, 2.45) is 5.92 Å². The summed E-state index contributed by atoms with van der Waals surface area (Å²) in [4.78, 5) is 5.14. The van der Waals surface area contributed by atoms with Crippen LogP contribution in [0.3, 0.4) is 0 Å². The van der Waals surface area contributed by atoms with Crippen molar-refractivity contribution in [1.29, 1.82) is 0 Å². The number of rotatable bonds is 5. The van der Waals surface area contributed by atoms with Gasteiger partial charge in [0.2, 0.25) is 0 Å². The topological polar surface area (TPSA) is 18.5 Å². The Morgan fingerprint density at radius 3 is 2.53 bits per heavy atom. The first kappa shape index (κ1) is 13.3. The minimum absolute atomic E-state index is 0.972. The molecule has 2 saturated heterocycles. The standard InChI is InChI=1S/C14H29N3/c1-16(13-17-10-3-2-4-11-17)12-7-14-5-8-15-9-6-14/h14-15H,2-13H2,1H3. The van der Waals surface area contributed by atoms with Gasteiger partial charge in [0.25, 0.3) is 0 Å².